The number of nitrogens with one attached hydrogen (secondary N) is 1. The van der Waals surface area contributed by atoms with Crippen LogP contribution in [0.1, 0.15) is 22.9 Å². The molecule has 0 amide bonds. The van der Waals surface area contributed by atoms with Gasteiger partial charge in [-0.3, -0.25) is 0 Å². The second-order valence-electron chi connectivity index (χ2n) is 4.69. The molecule has 4 nitrogen and oxygen atoms in total. The molecule has 0 saturated carbocycles. The molecule has 0 bridgehead atoms. The maximum absolute atomic E-state index is 10.1. The summed E-state index contributed by atoms with van der Waals surface area (Å²) < 4.78 is 1.43. The van der Waals surface area contributed by atoms with Gasteiger partial charge < -0.3 is 5.11 Å². The standard InChI is InChI=1S/C15H12Br2N2O2/c1-8-4-2-3-5-10(8)14-18-15(21-19-14)11-6-9(16)7-12(17)13(11)20/h2-7,15,20H,1H3,(H,18,19). The van der Waals surface area contributed by atoms with Gasteiger partial charge in [-0.1, -0.05) is 40.2 Å². The van der Waals surface area contributed by atoms with Crippen molar-refractivity contribution in [2.75, 3.05) is 0 Å². The van der Waals surface area contributed by atoms with Crippen molar-refractivity contribution >= 4 is 37.7 Å². The highest BCUT2D eigenvalue weighted by molar-refractivity contribution is 9.11. The zero-order valence-electron chi connectivity index (χ0n) is 11.1. The molecule has 0 spiro atoms. The van der Waals surface area contributed by atoms with Gasteiger partial charge >= 0.3 is 0 Å². The van der Waals surface area contributed by atoms with E-state index >= 15 is 0 Å². The van der Waals surface area contributed by atoms with Crippen LogP contribution in [0.4, 0.5) is 0 Å². The van der Waals surface area contributed by atoms with Crippen molar-refractivity contribution in [2.45, 2.75) is 13.2 Å². The number of aryl methyl sites for hydroxylation is 1. The normalized spacial score (nSPS) is 17.5. The van der Waals surface area contributed by atoms with E-state index in [0.29, 0.717) is 15.9 Å². The fourth-order valence-electron chi connectivity index (χ4n) is 2.15. The molecule has 1 aliphatic heterocycles. The Balaban J connectivity index is 1.99. The summed E-state index contributed by atoms with van der Waals surface area (Å²) in [5.41, 5.74) is 5.51. The van der Waals surface area contributed by atoms with E-state index in [1.54, 1.807) is 12.1 Å². The molecule has 0 aromatic heterocycles. The molecule has 6 heteroatoms. The maximum atomic E-state index is 10.1. The molecule has 0 fully saturated rings. The van der Waals surface area contributed by atoms with Gasteiger partial charge in [0.25, 0.3) is 0 Å². The fraction of sp³-hybridized carbons (Fsp3) is 0.133. The number of halogens is 2. The van der Waals surface area contributed by atoms with Crippen molar-refractivity contribution in [1.82, 2.24) is 5.48 Å². The quantitative estimate of drug-likeness (QED) is 0.778. The largest absolute Gasteiger partial charge is 0.506 e. The number of nitrogens with zero attached hydrogens (tertiary/aromatic N) is 1. The lowest BCUT2D eigenvalue weighted by Crippen LogP contribution is -2.19. The zero-order valence-corrected chi connectivity index (χ0v) is 14.3. The number of hydrogen-bond acceptors (Lipinski definition) is 4. The predicted molar refractivity (Wildman–Crippen MR) is 88.2 cm³/mol. The van der Waals surface area contributed by atoms with Gasteiger partial charge in [0.1, 0.15) is 5.75 Å². The SMILES string of the molecule is Cc1ccccc1C1=NC(c2cc(Br)cc(Br)c2O)ON1. The van der Waals surface area contributed by atoms with Gasteiger partial charge in [0.2, 0.25) is 6.23 Å². The van der Waals surface area contributed by atoms with Crippen LogP contribution in [-0.4, -0.2) is 10.9 Å². The van der Waals surface area contributed by atoms with Gasteiger partial charge in [-0.05, 0) is 40.5 Å². The lowest BCUT2D eigenvalue weighted by molar-refractivity contribution is 0.0362. The zero-order chi connectivity index (χ0) is 15.0. The minimum atomic E-state index is -0.589. The molecular weight excluding hydrogens is 400 g/mol. The third kappa shape index (κ3) is 2.84. The number of amidine groups is 1. The van der Waals surface area contributed by atoms with Crippen LogP contribution >= 0.6 is 31.9 Å². The molecule has 2 aromatic rings. The van der Waals surface area contributed by atoms with E-state index in [9.17, 15) is 5.11 Å². The third-order valence-electron chi connectivity index (χ3n) is 3.24. The monoisotopic (exact) mass is 410 g/mol. The Morgan fingerprint density at radius 1 is 1.24 bits per heavy atom. The second kappa shape index (κ2) is 5.79. The molecular formula is C15H12Br2N2O2. The van der Waals surface area contributed by atoms with Crippen LogP contribution in [0, 0.1) is 6.92 Å². The fourth-order valence-corrected chi connectivity index (χ4v) is 3.41. The Morgan fingerprint density at radius 3 is 2.76 bits per heavy atom. The minimum Gasteiger partial charge on any atom is -0.506 e. The van der Waals surface area contributed by atoms with Crippen LogP contribution in [0.25, 0.3) is 0 Å². The highest BCUT2D eigenvalue weighted by Gasteiger charge is 2.25. The summed E-state index contributed by atoms with van der Waals surface area (Å²) in [6.07, 6.45) is -0.589. The highest BCUT2D eigenvalue weighted by Crippen LogP contribution is 2.38. The van der Waals surface area contributed by atoms with Crippen LogP contribution < -0.4 is 5.48 Å². The first kappa shape index (κ1) is 14.6. The van der Waals surface area contributed by atoms with Crippen LogP contribution in [0.15, 0.2) is 50.3 Å². The summed E-state index contributed by atoms with van der Waals surface area (Å²) in [7, 11) is 0. The molecule has 1 unspecified atom stereocenters. The van der Waals surface area contributed by atoms with Crippen LogP contribution in [0.5, 0.6) is 5.75 Å². The van der Waals surface area contributed by atoms with E-state index in [-0.39, 0.29) is 5.75 Å². The molecule has 1 atom stereocenters. The van der Waals surface area contributed by atoms with E-state index in [1.807, 2.05) is 31.2 Å². The van der Waals surface area contributed by atoms with Crippen LogP contribution in [0.2, 0.25) is 0 Å². The summed E-state index contributed by atoms with van der Waals surface area (Å²) in [5.74, 6) is 0.786. The number of phenols is 1. The van der Waals surface area contributed by atoms with Crippen LogP contribution in [0.3, 0.4) is 0 Å². The van der Waals surface area contributed by atoms with Gasteiger partial charge in [0.05, 0.1) is 4.47 Å². The number of benzene rings is 2. The first-order valence-electron chi connectivity index (χ1n) is 6.29. The first-order valence-corrected chi connectivity index (χ1v) is 7.88. The van der Waals surface area contributed by atoms with Crippen molar-refractivity contribution in [1.29, 1.82) is 0 Å². The molecule has 0 aliphatic carbocycles. The molecule has 1 aliphatic rings. The van der Waals surface area contributed by atoms with Gasteiger partial charge in [0, 0.05) is 15.6 Å². The predicted octanol–water partition coefficient (Wildman–Crippen LogP) is 4.21. The number of hydrogen-bond donors (Lipinski definition) is 2. The molecule has 1 heterocycles. The number of hydroxylamine groups is 1. The summed E-state index contributed by atoms with van der Waals surface area (Å²) in [6, 6.07) is 11.5. The summed E-state index contributed by atoms with van der Waals surface area (Å²) in [5, 5.41) is 10.1. The molecule has 0 radical (unpaired) electrons. The molecule has 3 rings (SSSR count). The lowest BCUT2D eigenvalue weighted by atomic mass is 10.1. The van der Waals surface area contributed by atoms with Crippen molar-refractivity contribution < 1.29 is 9.94 Å². The van der Waals surface area contributed by atoms with E-state index in [2.05, 4.69) is 42.3 Å². The summed E-state index contributed by atoms with van der Waals surface area (Å²) in [6.45, 7) is 2.01. The number of aliphatic imine (C=N–C) groups is 1. The average Bonchev–Trinajstić information content (AvgIpc) is 2.92. The Bertz CT molecular complexity index is 732. The van der Waals surface area contributed by atoms with E-state index in [1.165, 1.54) is 0 Å². The Labute approximate surface area is 139 Å². The summed E-state index contributed by atoms with van der Waals surface area (Å²) >= 11 is 6.71. The number of rotatable bonds is 2. The Hall–Kier alpha value is -1.37. The Morgan fingerprint density at radius 2 is 2.00 bits per heavy atom. The van der Waals surface area contributed by atoms with Gasteiger partial charge in [-0.2, -0.15) is 0 Å². The van der Waals surface area contributed by atoms with Crippen LogP contribution in [-0.2, 0) is 4.84 Å². The maximum Gasteiger partial charge on any atom is 0.206 e. The van der Waals surface area contributed by atoms with Crippen molar-refractivity contribution in [2.24, 2.45) is 4.99 Å². The van der Waals surface area contributed by atoms with E-state index in [4.69, 9.17) is 4.84 Å². The van der Waals surface area contributed by atoms with Gasteiger partial charge in [-0.25, -0.2) is 15.3 Å². The van der Waals surface area contributed by atoms with Crippen molar-refractivity contribution in [3.63, 3.8) is 0 Å². The molecule has 2 aromatic carbocycles. The molecule has 108 valence electrons. The minimum absolute atomic E-state index is 0.125. The van der Waals surface area contributed by atoms with Gasteiger partial charge in [-0.15, -0.1) is 0 Å². The smallest absolute Gasteiger partial charge is 0.206 e. The van der Waals surface area contributed by atoms with E-state index < -0.39 is 6.23 Å². The number of phenolic OH excluding ortho intramolecular Hbond substituents is 1. The lowest BCUT2D eigenvalue weighted by Gasteiger charge is -2.10. The van der Waals surface area contributed by atoms with Gasteiger partial charge in [0.15, 0.2) is 5.84 Å². The van der Waals surface area contributed by atoms with E-state index in [0.717, 1.165) is 15.6 Å². The third-order valence-corrected chi connectivity index (χ3v) is 4.30. The molecule has 21 heavy (non-hydrogen) atoms. The number of aromatic hydroxyl groups is 1. The summed E-state index contributed by atoms with van der Waals surface area (Å²) in [4.78, 5) is 10.0. The first-order chi connectivity index (χ1) is 10.1. The van der Waals surface area contributed by atoms with Crippen molar-refractivity contribution in [3.8, 4) is 5.75 Å². The Kier molecular flexibility index (Phi) is 4.01. The topological polar surface area (TPSA) is 53.9 Å². The average molecular weight is 412 g/mol. The second-order valence-corrected chi connectivity index (χ2v) is 6.46. The highest BCUT2D eigenvalue weighted by atomic mass is 79.9. The molecule has 2 N–H and O–H groups in total. The van der Waals surface area contributed by atoms with Crippen molar-refractivity contribution in [3.05, 3.63) is 62.0 Å². The molecule has 0 saturated heterocycles.